The van der Waals surface area contributed by atoms with Gasteiger partial charge in [0.05, 0.1) is 19.8 Å². The summed E-state index contributed by atoms with van der Waals surface area (Å²) in [4.78, 5) is 23.8. The third kappa shape index (κ3) is 4.60. The number of halogens is 1. The molecule has 2 N–H and O–H groups in total. The highest BCUT2D eigenvalue weighted by Crippen LogP contribution is 2.26. The molecule has 0 heterocycles. The molecule has 2 rings (SSSR count). The summed E-state index contributed by atoms with van der Waals surface area (Å²) in [7, 11) is 2.98. The molecule has 0 spiro atoms. The van der Waals surface area contributed by atoms with Crippen LogP contribution < -0.4 is 14.8 Å². The van der Waals surface area contributed by atoms with Crippen LogP contribution >= 0.6 is 15.9 Å². The van der Waals surface area contributed by atoms with Crippen molar-refractivity contribution >= 4 is 33.9 Å². The van der Waals surface area contributed by atoms with Crippen LogP contribution in [-0.2, 0) is 4.79 Å². The number of methoxy groups -OCH3 is 2. The lowest BCUT2D eigenvalue weighted by atomic mass is 10.1. The fourth-order valence-corrected chi connectivity index (χ4v) is 2.54. The summed E-state index contributed by atoms with van der Waals surface area (Å²) in [6, 6.07) is 11.7. The van der Waals surface area contributed by atoms with E-state index in [-0.39, 0.29) is 5.70 Å². The molecule has 0 aliphatic carbocycles. The minimum atomic E-state index is -1.27. The van der Waals surface area contributed by atoms with Crippen LogP contribution in [0.25, 0.3) is 6.08 Å². The fourth-order valence-electron chi connectivity index (χ4n) is 2.08. The van der Waals surface area contributed by atoms with Gasteiger partial charge in [0, 0.05) is 16.1 Å². The minimum Gasteiger partial charge on any atom is -0.497 e. The van der Waals surface area contributed by atoms with Crippen LogP contribution in [0.3, 0.4) is 0 Å². The summed E-state index contributed by atoms with van der Waals surface area (Å²) in [5.41, 5.74) is 0.550. The molecule has 0 saturated heterocycles. The lowest BCUT2D eigenvalue weighted by Crippen LogP contribution is -2.27. The Labute approximate surface area is 153 Å². The summed E-state index contributed by atoms with van der Waals surface area (Å²) in [5.74, 6) is -0.803. The van der Waals surface area contributed by atoms with Crippen LogP contribution in [0.2, 0.25) is 0 Å². The lowest BCUT2D eigenvalue weighted by molar-refractivity contribution is -0.132. The number of carboxylic acid groups (broad SMARTS) is 1. The Morgan fingerprint density at radius 2 is 1.84 bits per heavy atom. The summed E-state index contributed by atoms with van der Waals surface area (Å²) < 4.78 is 10.9. The topological polar surface area (TPSA) is 84.9 Å². The first kappa shape index (κ1) is 18.5. The Kier molecular flexibility index (Phi) is 6.19. The number of hydrogen-bond acceptors (Lipinski definition) is 4. The third-order valence-corrected chi connectivity index (χ3v) is 4.03. The van der Waals surface area contributed by atoms with Crippen molar-refractivity contribution in [3.63, 3.8) is 0 Å². The number of rotatable bonds is 6. The van der Waals surface area contributed by atoms with E-state index >= 15 is 0 Å². The number of nitrogens with one attached hydrogen (secondary N) is 1. The summed E-state index contributed by atoms with van der Waals surface area (Å²) in [6.45, 7) is 0. The van der Waals surface area contributed by atoms with Gasteiger partial charge in [0.25, 0.3) is 5.91 Å². The van der Waals surface area contributed by atoms with Crippen LogP contribution in [0.5, 0.6) is 11.5 Å². The van der Waals surface area contributed by atoms with Gasteiger partial charge in [-0.1, -0.05) is 12.1 Å². The second kappa shape index (κ2) is 8.34. The van der Waals surface area contributed by atoms with Crippen LogP contribution in [-0.4, -0.2) is 31.2 Å². The van der Waals surface area contributed by atoms with Crippen molar-refractivity contribution < 1.29 is 24.2 Å². The maximum Gasteiger partial charge on any atom is 0.352 e. The first-order chi connectivity index (χ1) is 12.0. The normalized spacial score (nSPS) is 10.9. The maximum absolute atomic E-state index is 12.3. The van der Waals surface area contributed by atoms with Gasteiger partial charge in [-0.3, -0.25) is 4.79 Å². The van der Waals surface area contributed by atoms with Gasteiger partial charge in [-0.05, 0) is 46.3 Å². The number of benzene rings is 2. The van der Waals surface area contributed by atoms with Gasteiger partial charge in [0.15, 0.2) is 0 Å². The average molecular weight is 406 g/mol. The Morgan fingerprint density at radius 1 is 1.12 bits per heavy atom. The van der Waals surface area contributed by atoms with E-state index in [9.17, 15) is 14.7 Å². The van der Waals surface area contributed by atoms with Crippen molar-refractivity contribution in [2.75, 3.05) is 14.2 Å². The van der Waals surface area contributed by atoms with E-state index in [0.29, 0.717) is 27.1 Å². The van der Waals surface area contributed by atoms with E-state index in [1.165, 1.54) is 20.3 Å². The predicted octanol–water partition coefficient (Wildman–Crippen LogP) is 3.32. The average Bonchev–Trinajstić information content (AvgIpc) is 2.61. The third-order valence-electron chi connectivity index (χ3n) is 3.34. The Hall–Kier alpha value is -2.80. The summed E-state index contributed by atoms with van der Waals surface area (Å²) >= 11 is 3.27. The number of carboxylic acids is 1. The number of carbonyl (C=O) groups is 2. The summed E-state index contributed by atoms with van der Waals surface area (Å²) in [5, 5.41) is 11.8. The molecule has 0 aliphatic heterocycles. The van der Waals surface area contributed by atoms with E-state index in [2.05, 4.69) is 21.2 Å². The van der Waals surface area contributed by atoms with Crippen molar-refractivity contribution in [2.45, 2.75) is 0 Å². The number of aliphatic carboxylic acids is 1. The SMILES string of the molecule is COc1ccc(/C=C(\NC(=O)c2ccccc2Br)C(=O)O)c(OC)c1. The molecule has 7 heteroatoms. The molecule has 130 valence electrons. The van der Waals surface area contributed by atoms with Crippen LogP contribution in [0.1, 0.15) is 15.9 Å². The molecule has 0 aliphatic rings. The largest absolute Gasteiger partial charge is 0.497 e. The van der Waals surface area contributed by atoms with E-state index in [1.54, 1.807) is 42.5 Å². The second-order valence-corrected chi connectivity index (χ2v) is 5.76. The number of ether oxygens (including phenoxy) is 2. The molecule has 0 fully saturated rings. The molecular formula is C18H16BrNO5. The molecule has 0 saturated carbocycles. The smallest absolute Gasteiger partial charge is 0.352 e. The fraction of sp³-hybridized carbons (Fsp3) is 0.111. The minimum absolute atomic E-state index is 0.274. The molecule has 0 bridgehead atoms. The number of carbonyl (C=O) groups excluding carboxylic acids is 1. The lowest BCUT2D eigenvalue weighted by Gasteiger charge is -2.10. The zero-order valence-electron chi connectivity index (χ0n) is 13.6. The van der Waals surface area contributed by atoms with Gasteiger partial charge >= 0.3 is 5.97 Å². The molecule has 0 atom stereocenters. The van der Waals surface area contributed by atoms with Crippen molar-refractivity contribution in [3.8, 4) is 11.5 Å². The van der Waals surface area contributed by atoms with E-state index < -0.39 is 11.9 Å². The predicted molar refractivity (Wildman–Crippen MR) is 96.8 cm³/mol. The quantitative estimate of drug-likeness (QED) is 0.719. The second-order valence-electron chi connectivity index (χ2n) is 4.91. The molecule has 2 aromatic rings. The van der Waals surface area contributed by atoms with Crippen molar-refractivity contribution in [1.29, 1.82) is 0 Å². The van der Waals surface area contributed by atoms with Crippen molar-refractivity contribution in [3.05, 3.63) is 63.8 Å². The van der Waals surface area contributed by atoms with Gasteiger partial charge in [-0.2, -0.15) is 0 Å². The Bertz CT molecular complexity index is 832. The van der Waals surface area contributed by atoms with Crippen LogP contribution in [0, 0.1) is 0 Å². The molecule has 0 aromatic heterocycles. The first-order valence-electron chi connectivity index (χ1n) is 7.19. The van der Waals surface area contributed by atoms with Crippen LogP contribution in [0.4, 0.5) is 0 Å². The Balaban J connectivity index is 2.35. The standard InChI is InChI=1S/C18H16BrNO5/c1-24-12-8-7-11(16(10-12)25-2)9-15(18(22)23)20-17(21)13-5-3-4-6-14(13)19/h3-10H,1-2H3,(H,20,21)(H,22,23)/b15-9-. The molecule has 2 aromatic carbocycles. The zero-order chi connectivity index (χ0) is 18.4. The monoisotopic (exact) mass is 405 g/mol. The molecule has 0 radical (unpaired) electrons. The van der Waals surface area contributed by atoms with Gasteiger partial charge in [0.1, 0.15) is 17.2 Å². The summed E-state index contributed by atoms with van der Waals surface area (Å²) in [6.07, 6.45) is 1.33. The van der Waals surface area contributed by atoms with E-state index in [4.69, 9.17) is 9.47 Å². The van der Waals surface area contributed by atoms with Gasteiger partial charge < -0.3 is 19.9 Å². The highest BCUT2D eigenvalue weighted by atomic mass is 79.9. The molecule has 25 heavy (non-hydrogen) atoms. The Morgan fingerprint density at radius 3 is 2.44 bits per heavy atom. The van der Waals surface area contributed by atoms with Gasteiger partial charge in [-0.25, -0.2) is 4.79 Å². The highest BCUT2D eigenvalue weighted by molar-refractivity contribution is 9.10. The van der Waals surface area contributed by atoms with Gasteiger partial charge in [0.2, 0.25) is 0 Å². The maximum atomic E-state index is 12.3. The van der Waals surface area contributed by atoms with Crippen LogP contribution in [0.15, 0.2) is 52.6 Å². The molecule has 1 amide bonds. The van der Waals surface area contributed by atoms with E-state index in [0.717, 1.165) is 0 Å². The first-order valence-corrected chi connectivity index (χ1v) is 7.98. The van der Waals surface area contributed by atoms with Gasteiger partial charge in [-0.15, -0.1) is 0 Å². The number of amides is 1. The molecule has 6 nitrogen and oxygen atoms in total. The van der Waals surface area contributed by atoms with E-state index in [1.807, 2.05) is 0 Å². The molecule has 0 unspecified atom stereocenters. The van der Waals surface area contributed by atoms with Crippen molar-refractivity contribution in [2.24, 2.45) is 0 Å². The molecular weight excluding hydrogens is 390 g/mol. The highest BCUT2D eigenvalue weighted by Gasteiger charge is 2.16. The number of hydrogen-bond donors (Lipinski definition) is 2. The zero-order valence-corrected chi connectivity index (χ0v) is 15.2. The van der Waals surface area contributed by atoms with Crippen molar-refractivity contribution in [1.82, 2.24) is 5.32 Å².